The molecule has 2 heterocycles. The number of hydrogen-bond acceptors (Lipinski definition) is 3. The average Bonchev–Trinajstić information content (AvgIpc) is 2.54. The van der Waals surface area contributed by atoms with Crippen LogP contribution >= 0.6 is 0 Å². The SMILES string of the molecule is CNC1CCOCC1N1CCCC(C)CC1. The van der Waals surface area contributed by atoms with Crippen molar-refractivity contribution >= 4 is 0 Å². The first-order chi connectivity index (χ1) is 7.81. The molecular formula is C13H26N2O. The summed E-state index contributed by atoms with van der Waals surface area (Å²) in [6.07, 6.45) is 5.27. The molecule has 2 aliphatic heterocycles. The molecule has 0 saturated carbocycles. The Labute approximate surface area is 99.5 Å². The smallest absolute Gasteiger partial charge is 0.0637 e. The Morgan fingerprint density at radius 3 is 2.88 bits per heavy atom. The van der Waals surface area contributed by atoms with Crippen molar-refractivity contribution in [1.82, 2.24) is 10.2 Å². The molecule has 0 amide bonds. The number of rotatable bonds is 2. The van der Waals surface area contributed by atoms with Crippen LogP contribution in [0.15, 0.2) is 0 Å². The molecule has 1 N–H and O–H groups in total. The molecule has 0 bridgehead atoms. The monoisotopic (exact) mass is 226 g/mol. The van der Waals surface area contributed by atoms with Gasteiger partial charge in [-0.15, -0.1) is 0 Å². The molecule has 0 spiro atoms. The van der Waals surface area contributed by atoms with Gasteiger partial charge in [0.25, 0.3) is 0 Å². The van der Waals surface area contributed by atoms with Crippen molar-refractivity contribution in [3.05, 3.63) is 0 Å². The molecule has 2 aliphatic rings. The van der Waals surface area contributed by atoms with Gasteiger partial charge < -0.3 is 10.1 Å². The lowest BCUT2D eigenvalue weighted by molar-refractivity contribution is -0.000589. The van der Waals surface area contributed by atoms with E-state index in [9.17, 15) is 0 Å². The summed E-state index contributed by atoms with van der Waals surface area (Å²) in [5.41, 5.74) is 0. The van der Waals surface area contributed by atoms with Crippen LogP contribution in [0.25, 0.3) is 0 Å². The number of likely N-dealkylation sites (N-methyl/N-ethyl adjacent to an activating group) is 1. The van der Waals surface area contributed by atoms with E-state index < -0.39 is 0 Å². The summed E-state index contributed by atoms with van der Waals surface area (Å²) in [5, 5.41) is 3.46. The molecule has 0 aromatic carbocycles. The van der Waals surface area contributed by atoms with E-state index in [1.807, 2.05) is 0 Å². The lowest BCUT2D eigenvalue weighted by atomic mass is 10.0. The van der Waals surface area contributed by atoms with Gasteiger partial charge in [-0.2, -0.15) is 0 Å². The Kier molecular flexibility index (Phi) is 4.62. The van der Waals surface area contributed by atoms with Gasteiger partial charge >= 0.3 is 0 Å². The van der Waals surface area contributed by atoms with E-state index in [0.717, 1.165) is 25.6 Å². The van der Waals surface area contributed by atoms with Crippen molar-refractivity contribution in [2.75, 3.05) is 33.4 Å². The molecule has 16 heavy (non-hydrogen) atoms. The maximum atomic E-state index is 5.65. The maximum Gasteiger partial charge on any atom is 0.0637 e. The highest BCUT2D eigenvalue weighted by molar-refractivity contribution is 4.87. The van der Waals surface area contributed by atoms with Gasteiger partial charge in [-0.05, 0) is 51.7 Å². The highest BCUT2D eigenvalue weighted by Crippen LogP contribution is 2.21. The number of ether oxygens (including phenoxy) is 1. The van der Waals surface area contributed by atoms with E-state index in [0.29, 0.717) is 12.1 Å². The van der Waals surface area contributed by atoms with Crippen molar-refractivity contribution in [2.45, 2.75) is 44.7 Å². The highest BCUT2D eigenvalue weighted by atomic mass is 16.5. The summed E-state index contributed by atoms with van der Waals surface area (Å²) in [7, 11) is 2.09. The van der Waals surface area contributed by atoms with Gasteiger partial charge in [0, 0.05) is 18.7 Å². The Morgan fingerprint density at radius 2 is 2.06 bits per heavy atom. The third kappa shape index (κ3) is 2.96. The van der Waals surface area contributed by atoms with Crippen LogP contribution < -0.4 is 5.32 Å². The van der Waals surface area contributed by atoms with Crippen molar-refractivity contribution in [1.29, 1.82) is 0 Å². The van der Waals surface area contributed by atoms with Gasteiger partial charge in [0.15, 0.2) is 0 Å². The molecule has 0 aromatic rings. The van der Waals surface area contributed by atoms with E-state index in [2.05, 4.69) is 24.2 Å². The zero-order valence-corrected chi connectivity index (χ0v) is 10.7. The summed E-state index contributed by atoms with van der Waals surface area (Å²) in [6, 6.07) is 1.23. The van der Waals surface area contributed by atoms with Crippen LogP contribution in [0.5, 0.6) is 0 Å². The zero-order chi connectivity index (χ0) is 11.4. The summed E-state index contributed by atoms with van der Waals surface area (Å²) >= 11 is 0. The van der Waals surface area contributed by atoms with Crippen LogP contribution in [0.3, 0.4) is 0 Å². The van der Waals surface area contributed by atoms with Crippen molar-refractivity contribution in [3.8, 4) is 0 Å². The Morgan fingerprint density at radius 1 is 1.19 bits per heavy atom. The minimum Gasteiger partial charge on any atom is -0.380 e. The Bertz CT molecular complexity index is 210. The summed E-state index contributed by atoms with van der Waals surface area (Å²) in [6.45, 7) is 6.74. The molecule has 0 radical (unpaired) electrons. The number of likely N-dealkylation sites (tertiary alicyclic amines) is 1. The van der Waals surface area contributed by atoms with Crippen LogP contribution in [0.4, 0.5) is 0 Å². The lowest BCUT2D eigenvalue weighted by Gasteiger charge is -2.39. The van der Waals surface area contributed by atoms with E-state index in [-0.39, 0.29) is 0 Å². The minimum absolute atomic E-state index is 0.601. The largest absolute Gasteiger partial charge is 0.380 e. The fraction of sp³-hybridized carbons (Fsp3) is 1.00. The second-order valence-corrected chi connectivity index (χ2v) is 5.40. The van der Waals surface area contributed by atoms with Crippen LogP contribution in [0.2, 0.25) is 0 Å². The molecule has 2 rings (SSSR count). The fourth-order valence-corrected chi connectivity index (χ4v) is 3.04. The minimum atomic E-state index is 0.601. The lowest BCUT2D eigenvalue weighted by Crippen LogP contribution is -2.54. The third-order valence-corrected chi connectivity index (χ3v) is 4.22. The maximum absolute atomic E-state index is 5.65. The molecule has 94 valence electrons. The second kappa shape index (κ2) is 5.99. The normalized spacial score (nSPS) is 38.2. The van der Waals surface area contributed by atoms with E-state index in [4.69, 9.17) is 4.74 Å². The molecule has 0 aromatic heterocycles. The van der Waals surface area contributed by atoms with Crippen molar-refractivity contribution < 1.29 is 4.74 Å². The second-order valence-electron chi connectivity index (χ2n) is 5.40. The molecule has 0 aliphatic carbocycles. The highest BCUT2D eigenvalue weighted by Gasteiger charge is 2.30. The van der Waals surface area contributed by atoms with Gasteiger partial charge in [-0.25, -0.2) is 0 Å². The standard InChI is InChI=1S/C13H26N2O/c1-11-4-3-7-15(8-5-11)13-10-16-9-6-12(13)14-2/h11-14H,3-10H2,1-2H3. The number of nitrogens with one attached hydrogen (secondary N) is 1. The summed E-state index contributed by atoms with van der Waals surface area (Å²) in [5.74, 6) is 0.905. The predicted molar refractivity (Wildman–Crippen MR) is 66.7 cm³/mol. The average molecular weight is 226 g/mol. The summed E-state index contributed by atoms with van der Waals surface area (Å²) < 4.78 is 5.65. The van der Waals surface area contributed by atoms with Crippen LogP contribution in [-0.2, 0) is 4.74 Å². The first kappa shape index (κ1) is 12.3. The van der Waals surface area contributed by atoms with Crippen LogP contribution in [-0.4, -0.2) is 50.3 Å². The third-order valence-electron chi connectivity index (χ3n) is 4.22. The zero-order valence-electron chi connectivity index (χ0n) is 10.7. The first-order valence-corrected chi connectivity index (χ1v) is 6.80. The van der Waals surface area contributed by atoms with Gasteiger partial charge in [-0.3, -0.25) is 4.90 Å². The van der Waals surface area contributed by atoms with Gasteiger partial charge in [0.05, 0.1) is 6.61 Å². The molecule has 2 saturated heterocycles. The summed E-state index contributed by atoms with van der Waals surface area (Å²) in [4.78, 5) is 2.66. The number of hydrogen-bond donors (Lipinski definition) is 1. The number of nitrogens with zero attached hydrogens (tertiary/aromatic N) is 1. The van der Waals surface area contributed by atoms with Crippen LogP contribution in [0, 0.1) is 5.92 Å². The molecule has 3 heteroatoms. The molecule has 3 unspecified atom stereocenters. The predicted octanol–water partition coefficient (Wildman–Crippen LogP) is 1.49. The molecular weight excluding hydrogens is 200 g/mol. The van der Waals surface area contributed by atoms with Gasteiger partial charge in [-0.1, -0.05) is 6.92 Å². The molecule has 2 fully saturated rings. The quantitative estimate of drug-likeness (QED) is 0.772. The Balaban J connectivity index is 1.93. The fourth-order valence-electron chi connectivity index (χ4n) is 3.04. The molecule has 3 nitrogen and oxygen atoms in total. The molecule has 3 atom stereocenters. The van der Waals surface area contributed by atoms with Crippen molar-refractivity contribution in [3.63, 3.8) is 0 Å². The van der Waals surface area contributed by atoms with E-state index in [1.54, 1.807) is 0 Å². The first-order valence-electron chi connectivity index (χ1n) is 6.80. The van der Waals surface area contributed by atoms with Gasteiger partial charge in [0.1, 0.15) is 0 Å². The van der Waals surface area contributed by atoms with Crippen molar-refractivity contribution in [2.24, 2.45) is 5.92 Å². The topological polar surface area (TPSA) is 24.5 Å². The van der Waals surface area contributed by atoms with E-state index in [1.165, 1.54) is 32.4 Å². The van der Waals surface area contributed by atoms with E-state index >= 15 is 0 Å². The van der Waals surface area contributed by atoms with Gasteiger partial charge in [0.2, 0.25) is 0 Å². The Hall–Kier alpha value is -0.120. The van der Waals surface area contributed by atoms with Crippen LogP contribution in [0.1, 0.15) is 32.6 Å².